The van der Waals surface area contributed by atoms with Crippen LogP contribution < -0.4 is 10.1 Å². The number of amidine groups is 1. The Balaban J connectivity index is 1.66. The fraction of sp³-hybridized carbons (Fsp3) is 0.250. The van der Waals surface area contributed by atoms with Crippen molar-refractivity contribution in [2.75, 3.05) is 19.0 Å². The third-order valence-electron chi connectivity index (χ3n) is 4.06. The van der Waals surface area contributed by atoms with Gasteiger partial charge in [-0.25, -0.2) is 4.99 Å². The van der Waals surface area contributed by atoms with Gasteiger partial charge in [0.15, 0.2) is 5.17 Å². The minimum Gasteiger partial charge on any atom is -0.497 e. The second-order valence-electron chi connectivity index (χ2n) is 5.90. The number of benzene rings is 2. The van der Waals surface area contributed by atoms with Crippen molar-refractivity contribution in [3.05, 3.63) is 54.6 Å². The van der Waals surface area contributed by atoms with Crippen LogP contribution in [-0.4, -0.2) is 40.8 Å². The average Bonchev–Trinajstić information content (AvgIpc) is 2.97. The van der Waals surface area contributed by atoms with Crippen molar-refractivity contribution in [3.63, 3.8) is 0 Å². The lowest BCUT2D eigenvalue weighted by Crippen LogP contribution is -2.33. The van der Waals surface area contributed by atoms with Crippen molar-refractivity contribution in [2.45, 2.75) is 18.6 Å². The number of amides is 2. The normalized spacial score (nSPS) is 18.0. The Morgan fingerprint density at radius 2 is 1.89 bits per heavy atom. The highest BCUT2D eigenvalue weighted by molar-refractivity contribution is 8.15. The Hall–Kier alpha value is -2.80. The Kier molecular flexibility index (Phi) is 6.13. The molecule has 0 saturated carbocycles. The molecule has 1 fully saturated rings. The van der Waals surface area contributed by atoms with Gasteiger partial charge in [-0.3, -0.25) is 14.5 Å². The molecule has 7 heteroatoms. The summed E-state index contributed by atoms with van der Waals surface area (Å²) in [6.45, 7) is 2.42. The molecule has 1 atom stereocenters. The number of rotatable bonds is 6. The van der Waals surface area contributed by atoms with Gasteiger partial charge in [-0.15, -0.1) is 0 Å². The third kappa shape index (κ3) is 4.68. The Morgan fingerprint density at radius 3 is 2.52 bits per heavy atom. The summed E-state index contributed by atoms with van der Waals surface area (Å²) in [6, 6.07) is 16.6. The van der Waals surface area contributed by atoms with E-state index >= 15 is 0 Å². The van der Waals surface area contributed by atoms with Gasteiger partial charge in [0.2, 0.25) is 11.8 Å². The van der Waals surface area contributed by atoms with E-state index in [1.54, 1.807) is 36.3 Å². The molecule has 0 aliphatic carbocycles. The number of methoxy groups -OCH3 is 1. The number of nitrogens with one attached hydrogen (secondary N) is 1. The number of hydrogen-bond acceptors (Lipinski definition) is 5. The first kappa shape index (κ1) is 19.0. The Labute approximate surface area is 162 Å². The number of anilines is 1. The highest BCUT2D eigenvalue weighted by Crippen LogP contribution is 2.31. The van der Waals surface area contributed by atoms with Gasteiger partial charge in [-0.05, 0) is 43.3 Å². The van der Waals surface area contributed by atoms with Crippen LogP contribution in [-0.2, 0) is 9.59 Å². The summed E-state index contributed by atoms with van der Waals surface area (Å²) in [5, 5.41) is 2.99. The van der Waals surface area contributed by atoms with Crippen molar-refractivity contribution in [2.24, 2.45) is 4.99 Å². The molecule has 2 aromatic carbocycles. The zero-order valence-electron chi connectivity index (χ0n) is 15.2. The second-order valence-corrected chi connectivity index (χ2v) is 7.07. The highest BCUT2D eigenvalue weighted by atomic mass is 32.2. The summed E-state index contributed by atoms with van der Waals surface area (Å²) in [5.74, 6) is 0.431. The molecule has 0 aromatic heterocycles. The van der Waals surface area contributed by atoms with Crippen LogP contribution in [0, 0.1) is 0 Å². The maximum atomic E-state index is 12.6. The minimum atomic E-state index is -0.467. The fourth-order valence-corrected chi connectivity index (χ4v) is 3.91. The first-order valence-corrected chi connectivity index (χ1v) is 9.54. The molecule has 0 spiro atoms. The summed E-state index contributed by atoms with van der Waals surface area (Å²) in [4.78, 5) is 31.2. The molecular formula is C20H21N3O3S. The molecule has 1 N–H and O–H groups in total. The first-order chi connectivity index (χ1) is 13.1. The summed E-state index contributed by atoms with van der Waals surface area (Å²) in [7, 11) is 1.59. The van der Waals surface area contributed by atoms with E-state index < -0.39 is 5.25 Å². The van der Waals surface area contributed by atoms with E-state index in [9.17, 15) is 9.59 Å². The van der Waals surface area contributed by atoms with Crippen molar-refractivity contribution in [1.82, 2.24) is 4.90 Å². The van der Waals surface area contributed by atoms with E-state index in [1.807, 2.05) is 37.3 Å². The van der Waals surface area contributed by atoms with Crippen molar-refractivity contribution in [3.8, 4) is 5.75 Å². The summed E-state index contributed by atoms with van der Waals surface area (Å²) >= 11 is 1.34. The maximum absolute atomic E-state index is 12.6. The minimum absolute atomic E-state index is 0.0814. The van der Waals surface area contributed by atoms with Gasteiger partial charge in [-0.2, -0.15) is 0 Å². The molecule has 27 heavy (non-hydrogen) atoms. The van der Waals surface area contributed by atoms with E-state index in [0.717, 1.165) is 11.4 Å². The molecule has 1 aliphatic heterocycles. The van der Waals surface area contributed by atoms with Gasteiger partial charge in [0.25, 0.3) is 0 Å². The van der Waals surface area contributed by atoms with Crippen LogP contribution in [0.25, 0.3) is 0 Å². The quantitative estimate of drug-likeness (QED) is 0.826. The third-order valence-corrected chi connectivity index (χ3v) is 5.24. The van der Waals surface area contributed by atoms with E-state index in [-0.39, 0.29) is 18.2 Å². The first-order valence-electron chi connectivity index (χ1n) is 8.66. The smallest absolute Gasteiger partial charge is 0.242 e. The molecular weight excluding hydrogens is 362 g/mol. The predicted octanol–water partition coefficient (Wildman–Crippen LogP) is 3.68. The Bertz CT molecular complexity index is 837. The van der Waals surface area contributed by atoms with Gasteiger partial charge < -0.3 is 10.1 Å². The van der Waals surface area contributed by atoms with Crippen molar-refractivity contribution in [1.29, 1.82) is 0 Å². The fourth-order valence-electron chi connectivity index (χ4n) is 2.68. The molecule has 0 bridgehead atoms. The maximum Gasteiger partial charge on any atom is 0.242 e. The molecule has 140 valence electrons. The van der Waals surface area contributed by atoms with Crippen molar-refractivity contribution >= 4 is 40.1 Å². The molecule has 6 nitrogen and oxygen atoms in total. The number of para-hydroxylation sites is 1. The second kappa shape index (κ2) is 8.73. The average molecular weight is 383 g/mol. The zero-order chi connectivity index (χ0) is 19.2. The number of carbonyl (C=O) groups excluding carboxylic acids is 2. The van der Waals surface area contributed by atoms with Crippen LogP contribution in [0.2, 0.25) is 0 Å². The van der Waals surface area contributed by atoms with Crippen LogP contribution in [0.3, 0.4) is 0 Å². The van der Waals surface area contributed by atoms with Crippen LogP contribution in [0.5, 0.6) is 5.75 Å². The largest absolute Gasteiger partial charge is 0.497 e. The van der Waals surface area contributed by atoms with Gasteiger partial charge in [0.1, 0.15) is 11.0 Å². The topological polar surface area (TPSA) is 71.0 Å². The van der Waals surface area contributed by atoms with E-state index in [2.05, 4.69) is 10.3 Å². The van der Waals surface area contributed by atoms with Gasteiger partial charge in [0, 0.05) is 18.7 Å². The molecule has 3 rings (SSSR count). The van der Waals surface area contributed by atoms with Crippen LogP contribution in [0.15, 0.2) is 59.6 Å². The number of aliphatic imine (C=N–C) groups is 1. The van der Waals surface area contributed by atoms with Gasteiger partial charge >= 0.3 is 0 Å². The van der Waals surface area contributed by atoms with E-state index in [1.165, 1.54) is 11.8 Å². The standard InChI is InChI=1S/C20H21N3O3S/c1-3-23-19(25)17(27-20(23)22-14-7-5-4-6-8-14)13-18(24)21-15-9-11-16(26-2)12-10-15/h4-12,17H,3,13H2,1-2H3,(H,21,24)/t17-/m0/s1. The van der Waals surface area contributed by atoms with Crippen LogP contribution >= 0.6 is 11.8 Å². The predicted molar refractivity (Wildman–Crippen MR) is 109 cm³/mol. The van der Waals surface area contributed by atoms with Crippen molar-refractivity contribution < 1.29 is 14.3 Å². The molecule has 1 heterocycles. The molecule has 1 aliphatic rings. The van der Waals surface area contributed by atoms with Crippen LogP contribution in [0.1, 0.15) is 13.3 Å². The number of nitrogens with zero attached hydrogens (tertiary/aromatic N) is 2. The highest BCUT2D eigenvalue weighted by Gasteiger charge is 2.38. The number of ether oxygens (including phenoxy) is 1. The molecule has 1 saturated heterocycles. The van der Waals surface area contributed by atoms with Gasteiger partial charge in [0.05, 0.1) is 12.8 Å². The number of carbonyl (C=O) groups is 2. The SMILES string of the molecule is CCN1C(=O)[C@H](CC(=O)Nc2ccc(OC)cc2)SC1=Nc1ccccc1. The summed E-state index contributed by atoms with van der Waals surface area (Å²) in [5.41, 5.74) is 1.45. The van der Waals surface area contributed by atoms with E-state index in [0.29, 0.717) is 17.4 Å². The number of hydrogen-bond donors (Lipinski definition) is 1. The molecule has 0 radical (unpaired) electrons. The van der Waals surface area contributed by atoms with Gasteiger partial charge in [-0.1, -0.05) is 30.0 Å². The lowest BCUT2D eigenvalue weighted by Gasteiger charge is -2.13. The molecule has 0 unspecified atom stereocenters. The summed E-state index contributed by atoms with van der Waals surface area (Å²) in [6.07, 6.45) is 0.0971. The van der Waals surface area contributed by atoms with E-state index in [4.69, 9.17) is 4.74 Å². The Morgan fingerprint density at radius 1 is 1.19 bits per heavy atom. The molecule has 2 amide bonds. The molecule has 2 aromatic rings. The summed E-state index contributed by atoms with van der Waals surface area (Å²) < 4.78 is 5.10. The van der Waals surface area contributed by atoms with Crippen LogP contribution in [0.4, 0.5) is 11.4 Å². The number of thioether (sulfide) groups is 1. The zero-order valence-corrected chi connectivity index (χ0v) is 16.0. The monoisotopic (exact) mass is 383 g/mol. The lowest BCUT2D eigenvalue weighted by atomic mass is 10.2. The lowest BCUT2D eigenvalue weighted by molar-refractivity contribution is -0.128.